The van der Waals surface area contributed by atoms with Gasteiger partial charge in [0, 0.05) is 12.2 Å². The fourth-order valence-electron chi connectivity index (χ4n) is 4.75. The number of anilines is 1. The Bertz CT molecular complexity index is 1260. The van der Waals surface area contributed by atoms with Crippen molar-refractivity contribution in [1.29, 1.82) is 0 Å². The fraction of sp³-hybridized carbons (Fsp3) is 0.357. The van der Waals surface area contributed by atoms with Crippen LogP contribution in [0.2, 0.25) is 0 Å². The molecule has 1 N–H and O–H groups in total. The molecule has 2 atom stereocenters. The molecule has 0 saturated heterocycles. The smallest absolute Gasteiger partial charge is 0.406 e. The van der Waals surface area contributed by atoms with E-state index in [0.29, 0.717) is 29.5 Å². The summed E-state index contributed by atoms with van der Waals surface area (Å²) in [6.45, 7) is 3.94. The summed E-state index contributed by atoms with van der Waals surface area (Å²) >= 11 is 0. The summed E-state index contributed by atoms with van der Waals surface area (Å²) in [5.41, 5.74) is 3.47. The van der Waals surface area contributed by atoms with Gasteiger partial charge in [-0.1, -0.05) is 50.2 Å². The molecule has 10 heteroatoms. The second kappa shape index (κ2) is 10.8. The molecule has 2 unspecified atom stereocenters. The van der Waals surface area contributed by atoms with E-state index in [-0.39, 0.29) is 30.0 Å². The van der Waals surface area contributed by atoms with Gasteiger partial charge in [0.05, 0.1) is 12.1 Å². The monoisotopic (exact) mass is 539 g/mol. The van der Waals surface area contributed by atoms with E-state index in [1.54, 1.807) is 24.3 Å². The van der Waals surface area contributed by atoms with Gasteiger partial charge < -0.3 is 19.5 Å². The van der Waals surface area contributed by atoms with Gasteiger partial charge in [-0.05, 0) is 71.3 Å². The lowest BCUT2D eigenvalue weighted by Gasteiger charge is -2.41. The number of ether oxygens (including phenoxy) is 2. The molecule has 0 radical (unpaired) electrons. The lowest BCUT2D eigenvalue weighted by molar-refractivity contribution is -0.275. The van der Waals surface area contributed by atoms with Crippen molar-refractivity contribution in [3.8, 4) is 22.6 Å². The van der Waals surface area contributed by atoms with Crippen LogP contribution in [-0.4, -0.2) is 30.5 Å². The molecule has 0 bridgehead atoms. The summed E-state index contributed by atoms with van der Waals surface area (Å²) in [5.74, 6) is -0.754. The van der Waals surface area contributed by atoms with E-state index in [1.165, 1.54) is 36.4 Å². The molecule has 0 aromatic heterocycles. The number of halogens is 6. The molecule has 0 saturated carbocycles. The van der Waals surface area contributed by atoms with Gasteiger partial charge >= 0.3 is 12.7 Å². The maximum atomic E-state index is 12.8. The number of aliphatic hydroxyl groups is 1. The van der Waals surface area contributed by atoms with Crippen LogP contribution >= 0.6 is 0 Å². The molecule has 4 nitrogen and oxygen atoms in total. The van der Waals surface area contributed by atoms with Gasteiger partial charge in [-0.2, -0.15) is 0 Å². The van der Waals surface area contributed by atoms with Gasteiger partial charge in [0.2, 0.25) is 0 Å². The first-order valence-electron chi connectivity index (χ1n) is 12.1. The highest BCUT2D eigenvalue weighted by Gasteiger charge is 2.34. The van der Waals surface area contributed by atoms with Gasteiger partial charge in [-0.25, -0.2) is 0 Å². The fourth-order valence-corrected chi connectivity index (χ4v) is 4.75. The van der Waals surface area contributed by atoms with Gasteiger partial charge in [0.1, 0.15) is 11.5 Å². The summed E-state index contributed by atoms with van der Waals surface area (Å²) in [6.07, 6.45) is -9.37. The van der Waals surface area contributed by atoms with E-state index < -0.39 is 18.8 Å². The Hall–Kier alpha value is -3.40. The Kier molecular flexibility index (Phi) is 7.83. The molecular formula is C28H27F6NO3. The van der Waals surface area contributed by atoms with E-state index in [4.69, 9.17) is 0 Å². The molecule has 0 fully saturated rings. The van der Waals surface area contributed by atoms with E-state index in [2.05, 4.69) is 9.47 Å². The molecule has 38 heavy (non-hydrogen) atoms. The first-order valence-corrected chi connectivity index (χ1v) is 12.1. The van der Waals surface area contributed by atoms with E-state index >= 15 is 0 Å². The average molecular weight is 540 g/mol. The highest BCUT2D eigenvalue weighted by atomic mass is 19.4. The lowest BCUT2D eigenvalue weighted by Crippen LogP contribution is -2.40. The van der Waals surface area contributed by atoms with Crippen LogP contribution in [0.1, 0.15) is 37.4 Å². The Morgan fingerprint density at radius 1 is 0.868 bits per heavy atom. The third-order valence-corrected chi connectivity index (χ3v) is 6.51. The van der Waals surface area contributed by atoms with Crippen LogP contribution < -0.4 is 14.4 Å². The summed E-state index contributed by atoms with van der Waals surface area (Å²) in [4.78, 5) is 1.95. The zero-order valence-electron chi connectivity index (χ0n) is 20.7. The van der Waals surface area contributed by atoms with Gasteiger partial charge in [-0.15, -0.1) is 26.3 Å². The minimum Gasteiger partial charge on any atom is -0.406 e. The zero-order valence-corrected chi connectivity index (χ0v) is 20.7. The van der Waals surface area contributed by atoms with Crippen molar-refractivity contribution >= 4 is 5.69 Å². The highest BCUT2D eigenvalue weighted by Crippen LogP contribution is 2.44. The van der Waals surface area contributed by atoms with Crippen molar-refractivity contribution in [2.45, 2.75) is 51.6 Å². The van der Waals surface area contributed by atoms with E-state index in [1.807, 2.05) is 24.8 Å². The van der Waals surface area contributed by atoms with E-state index in [0.717, 1.165) is 11.3 Å². The molecule has 1 aliphatic heterocycles. The Morgan fingerprint density at radius 2 is 1.47 bits per heavy atom. The molecule has 0 aliphatic carbocycles. The zero-order chi connectivity index (χ0) is 27.7. The first kappa shape index (κ1) is 27.6. The van der Waals surface area contributed by atoms with Crippen LogP contribution in [0.4, 0.5) is 32.0 Å². The quantitative estimate of drug-likeness (QED) is 0.313. The van der Waals surface area contributed by atoms with Crippen molar-refractivity contribution in [3.05, 3.63) is 77.9 Å². The minimum absolute atomic E-state index is 0.0831. The number of rotatable bonds is 7. The van der Waals surface area contributed by atoms with Crippen molar-refractivity contribution in [1.82, 2.24) is 0 Å². The number of benzene rings is 3. The predicted octanol–water partition coefficient (Wildman–Crippen LogP) is 7.66. The van der Waals surface area contributed by atoms with Crippen molar-refractivity contribution < 1.29 is 40.9 Å². The van der Waals surface area contributed by atoms with Gasteiger partial charge in [-0.3, -0.25) is 0 Å². The number of β-amino-alcohol motifs (C(OH)–C–C–N with tert-alkyl or cyclic N) is 1. The molecule has 1 aliphatic rings. The number of hydrogen-bond donors (Lipinski definition) is 1. The normalized spacial score (nSPS) is 16.8. The summed E-state index contributed by atoms with van der Waals surface area (Å²) in [7, 11) is 0. The van der Waals surface area contributed by atoms with Crippen molar-refractivity contribution in [2.75, 3.05) is 11.4 Å². The molecule has 0 spiro atoms. The lowest BCUT2D eigenvalue weighted by atomic mass is 9.86. The standard InChI is InChI=1S/C28H27F6NO3/c1-17(2)26(36)16-35-24(19-7-4-9-21(15-19)38-28(32,33)34)13-12-23-22(10-5-11-25(23)35)18-6-3-8-20(14-18)37-27(29,30)31/h3-11,14-15,17,24,26,36H,12-13,16H2,1-2H3. The highest BCUT2D eigenvalue weighted by molar-refractivity contribution is 5.76. The average Bonchev–Trinajstić information content (AvgIpc) is 2.82. The molecule has 1 heterocycles. The topological polar surface area (TPSA) is 41.9 Å². The second-order valence-electron chi connectivity index (χ2n) is 9.52. The predicted molar refractivity (Wildman–Crippen MR) is 131 cm³/mol. The Labute approximate surface area is 216 Å². The van der Waals surface area contributed by atoms with Crippen molar-refractivity contribution in [2.24, 2.45) is 5.92 Å². The Morgan fingerprint density at radius 3 is 2.11 bits per heavy atom. The summed E-state index contributed by atoms with van der Waals surface area (Å²) in [6, 6.07) is 16.6. The van der Waals surface area contributed by atoms with Crippen LogP contribution in [0.15, 0.2) is 66.7 Å². The van der Waals surface area contributed by atoms with Gasteiger partial charge in [0.15, 0.2) is 0 Å². The SMILES string of the molecule is CC(C)C(O)CN1c2cccc(-c3cccc(OC(F)(F)F)c3)c2CCC1c1cccc(OC(F)(F)F)c1. The summed E-state index contributed by atoms with van der Waals surface area (Å²) in [5, 5.41) is 10.8. The third-order valence-electron chi connectivity index (χ3n) is 6.51. The maximum Gasteiger partial charge on any atom is 0.573 e. The number of alkyl halides is 6. The largest absolute Gasteiger partial charge is 0.573 e. The first-order chi connectivity index (χ1) is 17.8. The van der Waals surface area contributed by atoms with Crippen LogP contribution in [0.5, 0.6) is 11.5 Å². The molecule has 0 amide bonds. The van der Waals surface area contributed by atoms with E-state index in [9.17, 15) is 31.4 Å². The van der Waals surface area contributed by atoms with Crippen LogP contribution in [-0.2, 0) is 6.42 Å². The summed E-state index contributed by atoms with van der Waals surface area (Å²) < 4.78 is 85.1. The maximum absolute atomic E-state index is 12.8. The Balaban J connectivity index is 1.75. The minimum atomic E-state index is -4.83. The van der Waals surface area contributed by atoms with Crippen LogP contribution in [0, 0.1) is 5.92 Å². The van der Waals surface area contributed by atoms with Gasteiger partial charge in [0.25, 0.3) is 0 Å². The number of hydrogen-bond acceptors (Lipinski definition) is 4. The third kappa shape index (κ3) is 6.72. The molecular weight excluding hydrogens is 512 g/mol. The molecule has 3 aromatic carbocycles. The molecule has 3 aromatic rings. The second-order valence-corrected chi connectivity index (χ2v) is 9.52. The van der Waals surface area contributed by atoms with Crippen LogP contribution in [0.25, 0.3) is 11.1 Å². The molecule has 204 valence electrons. The number of fused-ring (bicyclic) bond motifs is 1. The number of nitrogens with zero attached hydrogens (tertiary/aromatic N) is 1. The van der Waals surface area contributed by atoms with Crippen molar-refractivity contribution in [3.63, 3.8) is 0 Å². The number of aliphatic hydroxyl groups excluding tert-OH is 1. The van der Waals surface area contributed by atoms with Crippen LogP contribution in [0.3, 0.4) is 0 Å². The molecule has 4 rings (SSSR count).